The van der Waals surface area contributed by atoms with Crippen molar-refractivity contribution in [2.75, 3.05) is 23.5 Å². The lowest BCUT2D eigenvalue weighted by Crippen LogP contribution is -2.05. The van der Waals surface area contributed by atoms with Crippen molar-refractivity contribution in [2.24, 2.45) is 0 Å². The van der Waals surface area contributed by atoms with Gasteiger partial charge in [0.05, 0.1) is 28.5 Å². The van der Waals surface area contributed by atoms with Crippen molar-refractivity contribution < 1.29 is 4.74 Å². The highest BCUT2D eigenvalue weighted by atomic mass is 32.1. The first-order valence-corrected chi connectivity index (χ1v) is 10.4. The molecule has 3 aromatic heterocycles. The molecule has 154 valence electrons. The van der Waals surface area contributed by atoms with Crippen molar-refractivity contribution in [1.29, 1.82) is 0 Å². The molecule has 31 heavy (non-hydrogen) atoms. The van der Waals surface area contributed by atoms with Crippen LogP contribution in [0, 0.1) is 6.92 Å². The van der Waals surface area contributed by atoms with Crippen molar-refractivity contribution >= 4 is 60.6 Å². The number of methoxy groups -OCH3 is 1. The number of nitrogens with zero attached hydrogens (tertiary/aromatic N) is 4. The minimum atomic E-state index is 0.393. The summed E-state index contributed by atoms with van der Waals surface area (Å²) < 4.78 is 6.29. The van der Waals surface area contributed by atoms with Crippen molar-refractivity contribution in [3.05, 3.63) is 60.6 Å². The number of nitrogen functional groups attached to an aromatic ring is 1. The molecule has 0 bridgehead atoms. The topological polar surface area (TPSA) is 111 Å². The van der Waals surface area contributed by atoms with Gasteiger partial charge in [-0.15, -0.1) is 0 Å². The Morgan fingerprint density at radius 3 is 2.65 bits per heavy atom. The van der Waals surface area contributed by atoms with E-state index in [1.54, 1.807) is 7.11 Å². The first-order valence-electron chi connectivity index (χ1n) is 9.56. The second kappa shape index (κ2) is 7.69. The number of fused-ring (bicyclic) bond motifs is 2. The van der Waals surface area contributed by atoms with Gasteiger partial charge in [0, 0.05) is 11.1 Å². The molecular formula is C22H19N7OS. The number of nitrogens with one attached hydrogen (secondary N) is 2. The maximum absolute atomic E-state index is 6.38. The largest absolute Gasteiger partial charge is 0.497 e. The second-order valence-electron chi connectivity index (χ2n) is 6.92. The normalized spacial score (nSPS) is 11.0. The third-order valence-electron chi connectivity index (χ3n) is 4.82. The van der Waals surface area contributed by atoms with E-state index in [1.807, 2.05) is 55.5 Å². The fourth-order valence-electron chi connectivity index (χ4n) is 3.25. The van der Waals surface area contributed by atoms with Crippen LogP contribution in [-0.4, -0.2) is 27.0 Å². The number of nitrogens with two attached hydrogens (primary N) is 1. The SMILES string of the molecule is COc1ccc2nc(Nc3ncnc(Nc4cccc5ccc(C)nc45)c3N)sc2c1. The van der Waals surface area contributed by atoms with E-state index in [0.717, 1.165) is 38.3 Å². The van der Waals surface area contributed by atoms with Crippen LogP contribution in [0.5, 0.6) is 5.75 Å². The molecule has 0 aliphatic heterocycles. The Morgan fingerprint density at radius 2 is 1.81 bits per heavy atom. The number of rotatable bonds is 5. The summed E-state index contributed by atoms with van der Waals surface area (Å²) in [5.41, 5.74) is 10.3. The molecule has 8 nitrogen and oxygen atoms in total. The van der Waals surface area contributed by atoms with Crippen LogP contribution in [0.3, 0.4) is 0 Å². The molecule has 0 fully saturated rings. The monoisotopic (exact) mass is 429 g/mol. The molecule has 4 N–H and O–H groups in total. The molecule has 5 rings (SSSR count). The molecule has 0 atom stereocenters. The third kappa shape index (κ3) is 3.66. The molecule has 0 aliphatic carbocycles. The number of pyridine rings is 1. The summed E-state index contributed by atoms with van der Waals surface area (Å²) in [7, 11) is 1.64. The van der Waals surface area contributed by atoms with Crippen LogP contribution in [0.15, 0.2) is 54.9 Å². The average molecular weight is 430 g/mol. The van der Waals surface area contributed by atoms with Crippen molar-refractivity contribution in [3.63, 3.8) is 0 Å². The van der Waals surface area contributed by atoms with E-state index in [1.165, 1.54) is 17.7 Å². The van der Waals surface area contributed by atoms with Crippen molar-refractivity contribution in [1.82, 2.24) is 19.9 Å². The van der Waals surface area contributed by atoms with Gasteiger partial charge >= 0.3 is 0 Å². The molecule has 2 aromatic carbocycles. The first-order chi connectivity index (χ1) is 15.1. The number of aromatic nitrogens is 4. The smallest absolute Gasteiger partial charge is 0.189 e. The quantitative estimate of drug-likeness (QED) is 0.357. The Hall–Kier alpha value is -3.98. The molecule has 0 aliphatic rings. The molecule has 9 heteroatoms. The van der Waals surface area contributed by atoms with Crippen LogP contribution < -0.4 is 21.1 Å². The minimum Gasteiger partial charge on any atom is -0.497 e. The summed E-state index contributed by atoms with van der Waals surface area (Å²) in [6, 6.07) is 15.7. The summed E-state index contributed by atoms with van der Waals surface area (Å²) in [4.78, 5) is 17.9. The molecular weight excluding hydrogens is 410 g/mol. The number of aryl methyl sites for hydroxylation is 1. The van der Waals surface area contributed by atoms with Gasteiger partial charge in [0.1, 0.15) is 17.8 Å². The van der Waals surface area contributed by atoms with E-state index >= 15 is 0 Å². The van der Waals surface area contributed by atoms with Gasteiger partial charge in [-0.3, -0.25) is 4.98 Å². The number of hydrogen-bond donors (Lipinski definition) is 3. The predicted octanol–water partition coefficient (Wildman–Crippen LogP) is 5.02. The number of hydrogen-bond acceptors (Lipinski definition) is 9. The van der Waals surface area contributed by atoms with Gasteiger partial charge in [0.2, 0.25) is 0 Å². The third-order valence-corrected chi connectivity index (χ3v) is 5.75. The van der Waals surface area contributed by atoms with Crippen molar-refractivity contribution in [2.45, 2.75) is 6.92 Å². The molecule has 5 aromatic rings. The lowest BCUT2D eigenvalue weighted by molar-refractivity contribution is 0.415. The Labute approximate surface area is 182 Å². The Kier molecular flexibility index (Phi) is 4.72. The standard InChI is InChI=1S/C22H19N7OS/c1-12-6-7-13-4-3-5-16(19(13)26-12)27-20-18(23)21(25-11-24-20)29-22-28-15-9-8-14(30-2)10-17(15)31-22/h3-11H,23H2,1-2H3,(H2,24,25,27,28,29). The van der Waals surface area contributed by atoms with E-state index in [9.17, 15) is 0 Å². The Bertz CT molecular complexity index is 1420. The molecule has 0 unspecified atom stereocenters. The summed E-state index contributed by atoms with van der Waals surface area (Å²) in [6.07, 6.45) is 1.46. The van der Waals surface area contributed by atoms with E-state index < -0.39 is 0 Å². The summed E-state index contributed by atoms with van der Waals surface area (Å²) >= 11 is 1.50. The molecule has 0 saturated heterocycles. The van der Waals surface area contributed by atoms with Gasteiger partial charge in [-0.1, -0.05) is 29.5 Å². The number of ether oxygens (including phenoxy) is 1. The average Bonchev–Trinajstić information content (AvgIpc) is 3.18. The number of benzene rings is 2. The van der Waals surface area contributed by atoms with E-state index in [0.29, 0.717) is 22.5 Å². The van der Waals surface area contributed by atoms with Crippen LogP contribution >= 0.6 is 11.3 Å². The van der Waals surface area contributed by atoms with Crippen LogP contribution in [0.2, 0.25) is 0 Å². The summed E-state index contributed by atoms with van der Waals surface area (Å²) in [6.45, 7) is 1.96. The molecule has 0 amide bonds. The van der Waals surface area contributed by atoms with Gasteiger partial charge in [-0.25, -0.2) is 15.0 Å². The predicted molar refractivity (Wildman–Crippen MR) is 126 cm³/mol. The first kappa shape index (κ1) is 19.0. The number of para-hydroxylation sites is 1. The maximum Gasteiger partial charge on any atom is 0.189 e. The van der Waals surface area contributed by atoms with Crippen LogP contribution in [0.25, 0.3) is 21.1 Å². The fourth-order valence-corrected chi connectivity index (χ4v) is 4.15. The molecule has 0 saturated carbocycles. The van der Waals surface area contributed by atoms with Crippen LogP contribution in [-0.2, 0) is 0 Å². The Morgan fingerprint density at radius 1 is 0.968 bits per heavy atom. The maximum atomic E-state index is 6.38. The van der Waals surface area contributed by atoms with Gasteiger partial charge in [0.15, 0.2) is 16.8 Å². The Balaban J connectivity index is 1.46. The number of thiazole rings is 1. The van der Waals surface area contributed by atoms with E-state index in [4.69, 9.17) is 10.5 Å². The van der Waals surface area contributed by atoms with Gasteiger partial charge < -0.3 is 21.1 Å². The lowest BCUT2D eigenvalue weighted by atomic mass is 10.1. The molecule has 3 heterocycles. The highest BCUT2D eigenvalue weighted by Crippen LogP contribution is 2.34. The zero-order valence-electron chi connectivity index (χ0n) is 16.9. The van der Waals surface area contributed by atoms with E-state index in [2.05, 4.69) is 30.6 Å². The highest BCUT2D eigenvalue weighted by molar-refractivity contribution is 7.22. The number of anilines is 5. The van der Waals surface area contributed by atoms with Crippen molar-refractivity contribution in [3.8, 4) is 5.75 Å². The van der Waals surface area contributed by atoms with Gasteiger partial charge in [-0.05, 0) is 37.3 Å². The minimum absolute atomic E-state index is 0.393. The highest BCUT2D eigenvalue weighted by Gasteiger charge is 2.13. The van der Waals surface area contributed by atoms with E-state index in [-0.39, 0.29) is 0 Å². The second-order valence-corrected chi connectivity index (χ2v) is 7.95. The summed E-state index contributed by atoms with van der Waals surface area (Å²) in [5, 5.41) is 8.22. The zero-order chi connectivity index (χ0) is 21.4. The summed E-state index contributed by atoms with van der Waals surface area (Å²) in [5.74, 6) is 1.76. The molecule has 0 spiro atoms. The molecule has 0 radical (unpaired) electrons. The van der Waals surface area contributed by atoms with Gasteiger partial charge in [0.25, 0.3) is 0 Å². The van der Waals surface area contributed by atoms with Crippen LogP contribution in [0.4, 0.5) is 28.1 Å². The zero-order valence-corrected chi connectivity index (χ0v) is 17.7. The fraction of sp³-hybridized carbons (Fsp3) is 0.0909. The lowest BCUT2D eigenvalue weighted by Gasteiger charge is -2.13. The van der Waals surface area contributed by atoms with Gasteiger partial charge in [-0.2, -0.15) is 0 Å². The van der Waals surface area contributed by atoms with Crippen LogP contribution in [0.1, 0.15) is 5.69 Å².